The van der Waals surface area contributed by atoms with E-state index in [1.165, 1.54) is 24.3 Å². The number of Topliss-reactive ketones (excluding diaryl/α,β-unsaturated/α-hetero) is 1. The number of ketones is 1. The van der Waals surface area contributed by atoms with E-state index in [4.69, 9.17) is 23.7 Å². The second kappa shape index (κ2) is 16.0. The van der Waals surface area contributed by atoms with Crippen molar-refractivity contribution in [3.8, 4) is 23.0 Å². The van der Waals surface area contributed by atoms with E-state index in [-0.39, 0.29) is 42.4 Å². The number of aliphatic hydroxyl groups excluding tert-OH is 4. The number of carbonyl (C=O) groups is 1. The summed E-state index contributed by atoms with van der Waals surface area (Å²) in [5, 5.41) is 60.4. The molecule has 0 spiro atoms. The average Bonchev–Trinajstić information content (AvgIpc) is 2.94. The Hall–Kier alpha value is -2.62. The van der Waals surface area contributed by atoms with Gasteiger partial charge in [-0.15, -0.1) is 0 Å². The van der Waals surface area contributed by atoms with E-state index in [0.29, 0.717) is 32.0 Å². The number of benzene rings is 2. The first kappa shape index (κ1) is 31.9. The zero-order valence-electron chi connectivity index (χ0n) is 21.8. The van der Waals surface area contributed by atoms with Gasteiger partial charge in [-0.1, -0.05) is 12.1 Å². The normalized spacial score (nSPS) is 22.7. The summed E-state index contributed by atoms with van der Waals surface area (Å²) in [6.45, 7) is 0.902. The molecular formula is C27H36O12S. The molecule has 13 heteroatoms. The van der Waals surface area contributed by atoms with Gasteiger partial charge in [-0.05, 0) is 24.1 Å². The van der Waals surface area contributed by atoms with E-state index in [1.807, 2.05) is 0 Å². The lowest BCUT2D eigenvalue weighted by Gasteiger charge is -2.39. The van der Waals surface area contributed by atoms with Gasteiger partial charge in [0.05, 0.1) is 33.0 Å². The Bertz CT molecular complexity index is 1060. The summed E-state index contributed by atoms with van der Waals surface area (Å²) in [7, 11) is 0. The molecule has 1 fully saturated rings. The lowest BCUT2D eigenvalue weighted by molar-refractivity contribution is -0.277. The third-order valence-corrected chi connectivity index (χ3v) is 6.29. The number of hydrogen-bond donors (Lipinski definition) is 7. The summed E-state index contributed by atoms with van der Waals surface area (Å²) in [6, 6.07) is 8.89. The lowest BCUT2D eigenvalue weighted by atomic mass is 9.99. The molecule has 12 nitrogen and oxygen atoms in total. The molecule has 3 rings (SSSR count). The molecule has 0 aromatic heterocycles. The number of aromatic hydroxyl groups is 2. The van der Waals surface area contributed by atoms with Crippen LogP contribution in [0.2, 0.25) is 0 Å². The van der Waals surface area contributed by atoms with Crippen LogP contribution in [0.5, 0.6) is 23.0 Å². The minimum absolute atomic E-state index is 0.0350. The lowest BCUT2D eigenvalue weighted by Crippen LogP contribution is -2.60. The maximum atomic E-state index is 13.2. The molecule has 1 saturated heterocycles. The van der Waals surface area contributed by atoms with Gasteiger partial charge in [-0.2, -0.15) is 12.6 Å². The second-order valence-corrected chi connectivity index (χ2v) is 9.46. The van der Waals surface area contributed by atoms with Crippen molar-refractivity contribution in [1.82, 2.24) is 0 Å². The molecule has 40 heavy (non-hydrogen) atoms. The number of aliphatic hydroxyl groups is 4. The maximum Gasteiger partial charge on any atom is 0.229 e. The Labute approximate surface area is 237 Å². The fourth-order valence-electron chi connectivity index (χ4n) is 3.97. The molecule has 2 aromatic carbocycles. The topological polar surface area (TPSA) is 185 Å². The number of phenols is 2. The number of carbonyl (C=O) groups excluding carboxylic acids is 1. The number of thiol groups is 1. The number of hydrogen-bond acceptors (Lipinski definition) is 13. The molecule has 1 aliphatic heterocycles. The standard InChI is InChI=1S/C27H36O12S/c28-15-22-24(32)25(33)26(34)27(39-22)38-21-14-18(37-10-9-35-7-8-36-11-12-40)13-20(31)23(21)19(30)6-3-16-1-4-17(29)5-2-16/h1-2,4-5,13-14,22,24-29,31-34,40H,3,6-12,15H2/t22?,24-,25?,26+,27?/m1/s1. The smallest absolute Gasteiger partial charge is 0.229 e. The average molecular weight is 585 g/mol. The Morgan fingerprint density at radius 1 is 0.900 bits per heavy atom. The van der Waals surface area contributed by atoms with E-state index in [0.717, 1.165) is 5.56 Å². The third-order valence-electron chi connectivity index (χ3n) is 6.11. The van der Waals surface area contributed by atoms with Crippen LogP contribution in [0.25, 0.3) is 0 Å². The Balaban J connectivity index is 1.75. The molecule has 0 amide bonds. The van der Waals surface area contributed by atoms with Crippen molar-refractivity contribution in [3.05, 3.63) is 47.5 Å². The van der Waals surface area contributed by atoms with Crippen LogP contribution < -0.4 is 9.47 Å². The SMILES string of the molecule is O=C(CCc1ccc(O)cc1)c1c(O)cc(OCCOCCOCCS)cc1OC1OC(CO)[C@@H](O)C(O)[C@@H]1O. The summed E-state index contributed by atoms with van der Waals surface area (Å²) in [5.41, 5.74) is 0.568. The van der Waals surface area contributed by atoms with Gasteiger partial charge < -0.3 is 54.3 Å². The highest BCUT2D eigenvalue weighted by molar-refractivity contribution is 7.80. The van der Waals surface area contributed by atoms with Crippen LogP contribution in [0.3, 0.4) is 0 Å². The number of phenolic OH excluding ortho intramolecular Hbond substituents is 2. The zero-order valence-corrected chi connectivity index (χ0v) is 22.7. The van der Waals surface area contributed by atoms with Crippen molar-refractivity contribution < 1.29 is 59.1 Å². The highest BCUT2D eigenvalue weighted by atomic mass is 32.1. The molecule has 6 N–H and O–H groups in total. The predicted molar refractivity (Wildman–Crippen MR) is 144 cm³/mol. The van der Waals surface area contributed by atoms with Crippen molar-refractivity contribution >= 4 is 18.4 Å². The van der Waals surface area contributed by atoms with Gasteiger partial charge in [0.15, 0.2) is 5.78 Å². The van der Waals surface area contributed by atoms with Gasteiger partial charge in [-0.25, -0.2) is 0 Å². The molecule has 5 atom stereocenters. The van der Waals surface area contributed by atoms with Crippen molar-refractivity contribution in [2.24, 2.45) is 0 Å². The summed E-state index contributed by atoms with van der Waals surface area (Å²) in [6.07, 6.45) is -7.60. The molecule has 0 aliphatic carbocycles. The highest BCUT2D eigenvalue weighted by Gasteiger charge is 2.45. The second-order valence-electron chi connectivity index (χ2n) is 9.02. The van der Waals surface area contributed by atoms with Crippen molar-refractivity contribution in [2.45, 2.75) is 43.5 Å². The van der Waals surface area contributed by atoms with Gasteiger partial charge in [-0.3, -0.25) is 4.79 Å². The van der Waals surface area contributed by atoms with E-state index in [1.54, 1.807) is 12.1 Å². The van der Waals surface area contributed by atoms with Crippen LogP contribution in [0, 0.1) is 0 Å². The molecule has 0 saturated carbocycles. The van der Waals surface area contributed by atoms with Crippen LogP contribution in [0.15, 0.2) is 36.4 Å². The minimum Gasteiger partial charge on any atom is -0.508 e. The third kappa shape index (κ3) is 8.94. The quantitative estimate of drug-likeness (QED) is 0.0822. The largest absolute Gasteiger partial charge is 0.508 e. The minimum atomic E-state index is -1.73. The molecule has 0 bridgehead atoms. The van der Waals surface area contributed by atoms with Gasteiger partial charge in [0.2, 0.25) is 6.29 Å². The summed E-state index contributed by atoms with van der Waals surface area (Å²) < 4.78 is 27.5. The molecule has 0 radical (unpaired) electrons. The zero-order chi connectivity index (χ0) is 29.1. The summed E-state index contributed by atoms with van der Waals surface area (Å²) in [5.74, 6) is -0.325. The molecule has 1 heterocycles. The van der Waals surface area contributed by atoms with Crippen LogP contribution in [-0.4, -0.2) is 113 Å². The van der Waals surface area contributed by atoms with Gasteiger partial charge in [0.1, 0.15) is 59.6 Å². The number of ether oxygens (including phenoxy) is 5. The fraction of sp³-hybridized carbons (Fsp3) is 0.519. The van der Waals surface area contributed by atoms with Crippen LogP contribution >= 0.6 is 12.6 Å². The first-order valence-electron chi connectivity index (χ1n) is 12.8. The first-order valence-corrected chi connectivity index (χ1v) is 13.4. The molecular weight excluding hydrogens is 548 g/mol. The van der Waals surface area contributed by atoms with Crippen LogP contribution in [-0.2, 0) is 20.6 Å². The Morgan fingerprint density at radius 3 is 2.25 bits per heavy atom. The molecule has 222 valence electrons. The first-order chi connectivity index (χ1) is 19.2. The van der Waals surface area contributed by atoms with Crippen molar-refractivity contribution in [1.29, 1.82) is 0 Å². The Morgan fingerprint density at radius 2 is 1.57 bits per heavy atom. The molecule has 2 aromatic rings. The predicted octanol–water partition coefficient (Wildman–Crippen LogP) is 0.434. The number of rotatable bonds is 16. The van der Waals surface area contributed by atoms with Crippen molar-refractivity contribution in [3.63, 3.8) is 0 Å². The molecule has 1 aliphatic rings. The van der Waals surface area contributed by atoms with Gasteiger partial charge >= 0.3 is 0 Å². The fourth-order valence-corrected chi connectivity index (χ4v) is 4.10. The van der Waals surface area contributed by atoms with Gasteiger partial charge in [0, 0.05) is 24.3 Å². The van der Waals surface area contributed by atoms with E-state index < -0.39 is 48.8 Å². The van der Waals surface area contributed by atoms with E-state index >= 15 is 0 Å². The van der Waals surface area contributed by atoms with Crippen LogP contribution in [0.4, 0.5) is 0 Å². The highest BCUT2D eigenvalue weighted by Crippen LogP contribution is 2.37. The monoisotopic (exact) mass is 584 g/mol. The number of aryl methyl sites for hydroxylation is 1. The van der Waals surface area contributed by atoms with Gasteiger partial charge in [0.25, 0.3) is 0 Å². The Kier molecular flexibility index (Phi) is 12.7. The van der Waals surface area contributed by atoms with E-state index in [2.05, 4.69) is 12.6 Å². The van der Waals surface area contributed by atoms with E-state index in [9.17, 15) is 35.4 Å². The van der Waals surface area contributed by atoms with Crippen molar-refractivity contribution in [2.75, 3.05) is 45.4 Å². The van der Waals surface area contributed by atoms with Crippen LogP contribution in [0.1, 0.15) is 22.3 Å². The molecule has 3 unspecified atom stereocenters. The summed E-state index contributed by atoms with van der Waals surface area (Å²) >= 11 is 4.05. The summed E-state index contributed by atoms with van der Waals surface area (Å²) in [4.78, 5) is 13.2. The maximum absolute atomic E-state index is 13.2.